The van der Waals surface area contributed by atoms with Gasteiger partial charge in [0, 0.05) is 12.0 Å². The van der Waals surface area contributed by atoms with Crippen molar-refractivity contribution in [3.05, 3.63) is 35.4 Å². The van der Waals surface area contributed by atoms with Crippen LogP contribution in [0, 0.1) is 18.8 Å². The number of ketones is 1. The Balaban J connectivity index is 2.72. The second-order valence-corrected chi connectivity index (χ2v) is 3.25. The zero-order chi connectivity index (χ0) is 10.4. The van der Waals surface area contributed by atoms with E-state index in [-0.39, 0.29) is 5.78 Å². The monoisotopic (exact) mass is 186 g/mol. The van der Waals surface area contributed by atoms with Gasteiger partial charge in [0.2, 0.25) is 5.78 Å². The molecule has 72 valence electrons. The third-order valence-corrected chi connectivity index (χ3v) is 1.89. The summed E-state index contributed by atoms with van der Waals surface area (Å²) in [7, 11) is 0. The van der Waals surface area contributed by atoms with E-state index in [2.05, 4.69) is 11.8 Å². The maximum Gasteiger partial charge on any atom is 0.235 e. The lowest BCUT2D eigenvalue weighted by Crippen LogP contribution is -1.94. The van der Waals surface area contributed by atoms with Crippen molar-refractivity contribution in [2.75, 3.05) is 0 Å². The molecule has 0 fully saturated rings. The molecule has 0 aliphatic carbocycles. The largest absolute Gasteiger partial charge is 0.279 e. The smallest absolute Gasteiger partial charge is 0.235 e. The van der Waals surface area contributed by atoms with Gasteiger partial charge >= 0.3 is 0 Å². The number of carbonyl (C=O) groups excluding carboxylic acids is 1. The summed E-state index contributed by atoms with van der Waals surface area (Å²) in [5.74, 6) is 5.39. The quantitative estimate of drug-likeness (QED) is 0.394. The molecule has 0 N–H and O–H groups in total. The zero-order valence-electron chi connectivity index (χ0n) is 8.63. The van der Waals surface area contributed by atoms with Crippen LogP contribution in [0.25, 0.3) is 0 Å². The van der Waals surface area contributed by atoms with Crippen LogP contribution in [-0.4, -0.2) is 5.78 Å². The van der Waals surface area contributed by atoms with Crippen LogP contribution in [0.15, 0.2) is 24.3 Å². The number of benzene rings is 1. The highest BCUT2D eigenvalue weighted by Gasteiger charge is 1.99. The average Bonchev–Trinajstić information content (AvgIpc) is 2.19. The van der Waals surface area contributed by atoms with Crippen LogP contribution in [0.2, 0.25) is 0 Å². The Bertz CT molecular complexity index is 362. The van der Waals surface area contributed by atoms with E-state index in [0.29, 0.717) is 5.56 Å². The van der Waals surface area contributed by atoms with E-state index in [1.54, 1.807) is 0 Å². The first kappa shape index (κ1) is 10.5. The third kappa shape index (κ3) is 3.06. The topological polar surface area (TPSA) is 17.1 Å². The molecular weight excluding hydrogens is 172 g/mol. The van der Waals surface area contributed by atoms with Gasteiger partial charge in [-0.1, -0.05) is 42.7 Å². The second kappa shape index (κ2) is 5.24. The summed E-state index contributed by atoms with van der Waals surface area (Å²) in [6.07, 6.45) is 1.78. The normalized spacial score (nSPS) is 9.00. The van der Waals surface area contributed by atoms with Crippen LogP contribution < -0.4 is 0 Å². The van der Waals surface area contributed by atoms with Crippen LogP contribution in [0.5, 0.6) is 0 Å². The van der Waals surface area contributed by atoms with Gasteiger partial charge in [0.1, 0.15) is 0 Å². The van der Waals surface area contributed by atoms with Gasteiger partial charge in [0.25, 0.3) is 0 Å². The second-order valence-electron chi connectivity index (χ2n) is 3.25. The summed E-state index contributed by atoms with van der Waals surface area (Å²) in [5, 5.41) is 0. The van der Waals surface area contributed by atoms with Gasteiger partial charge in [-0.2, -0.15) is 0 Å². The van der Waals surface area contributed by atoms with E-state index in [1.807, 2.05) is 38.1 Å². The van der Waals surface area contributed by atoms with Crippen LogP contribution in [-0.2, 0) is 0 Å². The number of hydrogen-bond donors (Lipinski definition) is 0. The van der Waals surface area contributed by atoms with Crippen molar-refractivity contribution in [3.63, 3.8) is 0 Å². The van der Waals surface area contributed by atoms with Crippen LogP contribution in [0.3, 0.4) is 0 Å². The van der Waals surface area contributed by atoms with Gasteiger partial charge in [0.05, 0.1) is 0 Å². The lowest BCUT2D eigenvalue weighted by Gasteiger charge is -1.94. The predicted molar refractivity (Wildman–Crippen MR) is 58.2 cm³/mol. The van der Waals surface area contributed by atoms with Crippen molar-refractivity contribution >= 4 is 5.78 Å². The number of carbonyl (C=O) groups is 1. The minimum atomic E-state index is -0.0848. The average molecular weight is 186 g/mol. The van der Waals surface area contributed by atoms with Crippen LogP contribution in [0.1, 0.15) is 35.7 Å². The van der Waals surface area contributed by atoms with Crippen molar-refractivity contribution < 1.29 is 4.79 Å². The molecule has 0 spiro atoms. The first-order chi connectivity index (χ1) is 6.74. The molecule has 1 rings (SSSR count). The predicted octanol–water partition coefficient (Wildman–Crippen LogP) is 2.98. The molecule has 1 aromatic carbocycles. The van der Waals surface area contributed by atoms with Crippen LogP contribution in [0.4, 0.5) is 0 Å². The Morgan fingerprint density at radius 3 is 2.50 bits per heavy atom. The van der Waals surface area contributed by atoms with Crippen LogP contribution >= 0.6 is 0 Å². The molecule has 0 saturated heterocycles. The highest BCUT2D eigenvalue weighted by molar-refractivity contribution is 6.08. The van der Waals surface area contributed by atoms with E-state index >= 15 is 0 Å². The number of Topliss-reactive ketones (excluding diaryl/α,β-unsaturated/α-hetero) is 1. The number of hydrogen-bond acceptors (Lipinski definition) is 1. The zero-order valence-corrected chi connectivity index (χ0v) is 8.63. The molecule has 14 heavy (non-hydrogen) atoms. The highest BCUT2D eigenvalue weighted by Crippen LogP contribution is 2.03. The van der Waals surface area contributed by atoms with Gasteiger partial charge in [-0.15, -0.1) is 0 Å². The molecule has 0 saturated carbocycles. The Labute approximate surface area is 85.1 Å². The Hall–Kier alpha value is -1.55. The molecule has 1 aromatic rings. The van der Waals surface area contributed by atoms with E-state index in [4.69, 9.17) is 0 Å². The van der Waals surface area contributed by atoms with Gasteiger partial charge in [-0.25, -0.2) is 0 Å². The summed E-state index contributed by atoms with van der Waals surface area (Å²) in [4.78, 5) is 11.5. The molecule has 0 aliphatic heterocycles. The Kier molecular flexibility index (Phi) is 3.94. The maximum absolute atomic E-state index is 11.5. The van der Waals surface area contributed by atoms with E-state index in [9.17, 15) is 4.79 Å². The lowest BCUT2D eigenvalue weighted by atomic mass is 10.1. The minimum absolute atomic E-state index is 0.0848. The SMILES string of the molecule is CCCC#CC(=O)c1ccc(C)cc1. The molecule has 0 aliphatic rings. The van der Waals surface area contributed by atoms with E-state index in [1.165, 1.54) is 0 Å². The molecule has 0 atom stereocenters. The van der Waals surface area contributed by atoms with Crippen molar-refractivity contribution in [2.24, 2.45) is 0 Å². The van der Waals surface area contributed by atoms with Crippen molar-refractivity contribution in [2.45, 2.75) is 26.7 Å². The fourth-order valence-electron chi connectivity index (χ4n) is 1.04. The van der Waals surface area contributed by atoms with E-state index in [0.717, 1.165) is 18.4 Å². The van der Waals surface area contributed by atoms with Gasteiger partial charge in [-0.3, -0.25) is 4.79 Å². The van der Waals surface area contributed by atoms with Crippen molar-refractivity contribution in [1.29, 1.82) is 0 Å². The molecule has 0 amide bonds. The minimum Gasteiger partial charge on any atom is -0.279 e. The number of rotatable bonds is 2. The summed E-state index contributed by atoms with van der Waals surface area (Å²) < 4.78 is 0. The highest BCUT2D eigenvalue weighted by atomic mass is 16.1. The molecule has 1 heteroatoms. The summed E-state index contributed by atoms with van der Waals surface area (Å²) in [6.45, 7) is 4.04. The first-order valence-corrected chi connectivity index (χ1v) is 4.84. The third-order valence-electron chi connectivity index (χ3n) is 1.89. The molecular formula is C13H14O. The number of aryl methyl sites for hydroxylation is 1. The maximum atomic E-state index is 11.5. The van der Waals surface area contributed by atoms with Gasteiger partial charge in [-0.05, 0) is 19.3 Å². The molecule has 0 radical (unpaired) electrons. The van der Waals surface area contributed by atoms with E-state index < -0.39 is 0 Å². The Morgan fingerprint density at radius 2 is 1.93 bits per heavy atom. The lowest BCUT2D eigenvalue weighted by molar-refractivity contribution is 0.105. The molecule has 0 aromatic heterocycles. The van der Waals surface area contributed by atoms with Gasteiger partial charge < -0.3 is 0 Å². The van der Waals surface area contributed by atoms with Crippen molar-refractivity contribution in [1.82, 2.24) is 0 Å². The molecule has 0 heterocycles. The Morgan fingerprint density at radius 1 is 1.29 bits per heavy atom. The standard InChI is InChI=1S/C13H14O/c1-3-4-5-6-13(14)12-9-7-11(2)8-10-12/h7-10H,3-4H2,1-2H3. The summed E-state index contributed by atoms with van der Waals surface area (Å²) in [6, 6.07) is 7.49. The summed E-state index contributed by atoms with van der Waals surface area (Å²) >= 11 is 0. The fraction of sp³-hybridized carbons (Fsp3) is 0.308. The number of unbranched alkanes of at least 4 members (excludes halogenated alkanes) is 1. The fourth-order valence-corrected chi connectivity index (χ4v) is 1.04. The van der Waals surface area contributed by atoms with Crippen molar-refractivity contribution in [3.8, 4) is 11.8 Å². The first-order valence-electron chi connectivity index (χ1n) is 4.84. The molecule has 1 nitrogen and oxygen atoms in total. The summed E-state index contributed by atoms with van der Waals surface area (Å²) in [5.41, 5.74) is 1.84. The molecule has 0 bridgehead atoms. The molecule has 0 unspecified atom stereocenters. The van der Waals surface area contributed by atoms with Gasteiger partial charge in [0.15, 0.2) is 0 Å².